The molecule has 0 aliphatic rings. The topological polar surface area (TPSA) is 58.6 Å². The molecule has 0 aromatic heterocycles. The van der Waals surface area contributed by atoms with Crippen LogP contribution in [0.15, 0.2) is 54.6 Å². The molecule has 0 saturated carbocycles. The second kappa shape index (κ2) is 8.52. The zero-order chi connectivity index (χ0) is 19.2. The molecule has 0 saturated heterocycles. The van der Waals surface area contributed by atoms with E-state index in [2.05, 4.69) is 5.32 Å². The fourth-order valence-electron chi connectivity index (χ4n) is 2.59. The third kappa shape index (κ3) is 4.85. The van der Waals surface area contributed by atoms with Crippen LogP contribution in [-0.4, -0.2) is 30.4 Å². The molecule has 0 fully saturated rings. The molecule has 138 valence electrons. The van der Waals surface area contributed by atoms with E-state index in [-0.39, 0.29) is 11.8 Å². The molecule has 0 atom stereocenters. The van der Waals surface area contributed by atoms with Gasteiger partial charge in [-0.3, -0.25) is 9.59 Å². The monoisotopic (exact) mass is 354 g/mol. The Morgan fingerprint density at radius 3 is 2.23 bits per heavy atom. The summed E-state index contributed by atoms with van der Waals surface area (Å²) in [6.07, 6.45) is 0. The predicted molar refractivity (Wildman–Crippen MR) is 103 cm³/mol. The number of rotatable bonds is 7. The Balaban J connectivity index is 2.02. The third-order valence-electron chi connectivity index (χ3n) is 4.13. The number of nitrogens with one attached hydrogen (secondary N) is 1. The number of nitrogens with zero attached hydrogens (tertiary/aromatic N) is 1. The second-order valence-corrected chi connectivity index (χ2v) is 6.68. The predicted octanol–water partition coefficient (Wildman–Crippen LogP) is 3.71. The summed E-state index contributed by atoms with van der Waals surface area (Å²) in [6.45, 7) is 6.23. The lowest BCUT2D eigenvalue weighted by atomic mass is 9.90. The molecule has 2 aromatic rings. The van der Waals surface area contributed by atoms with Gasteiger partial charge in [-0.25, -0.2) is 0 Å². The Kier molecular flexibility index (Phi) is 6.39. The molecule has 26 heavy (non-hydrogen) atoms. The SMILES string of the molecule is CCOc1ccc(NC(=O)C(C)(C)C(=O)N(C)Cc2ccccc2)cc1. The molecule has 0 bridgehead atoms. The van der Waals surface area contributed by atoms with Crippen LogP contribution in [0.2, 0.25) is 0 Å². The van der Waals surface area contributed by atoms with Crippen LogP contribution in [-0.2, 0) is 16.1 Å². The summed E-state index contributed by atoms with van der Waals surface area (Å²) in [4.78, 5) is 27.0. The lowest BCUT2D eigenvalue weighted by Crippen LogP contribution is -2.45. The van der Waals surface area contributed by atoms with Crippen molar-refractivity contribution in [2.24, 2.45) is 5.41 Å². The molecule has 2 rings (SSSR count). The minimum atomic E-state index is -1.18. The molecule has 1 N–H and O–H groups in total. The first-order valence-corrected chi connectivity index (χ1v) is 8.68. The van der Waals surface area contributed by atoms with Crippen molar-refractivity contribution in [3.8, 4) is 5.75 Å². The number of hydrogen-bond acceptors (Lipinski definition) is 3. The van der Waals surface area contributed by atoms with Crippen LogP contribution in [0.3, 0.4) is 0 Å². The fraction of sp³-hybridized carbons (Fsp3) is 0.333. The first kappa shape index (κ1) is 19.5. The Labute approximate surface area is 155 Å². The Morgan fingerprint density at radius 2 is 1.65 bits per heavy atom. The number of carbonyl (C=O) groups excluding carboxylic acids is 2. The van der Waals surface area contributed by atoms with Crippen molar-refractivity contribution >= 4 is 17.5 Å². The summed E-state index contributed by atoms with van der Waals surface area (Å²) in [5.74, 6) is 0.166. The van der Waals surface area contributed by atoms with Crippen molar-refractivity contribution < 1.29 is 14.3 Å². The molecule has 2 aromatic carbocycles. The summed E-state index contributed by atoms with van der Waals surface area (Å²) in [5, 5.41) is 2.81. The minimum Gasteiger partial charge on any atom is -0.494 e. The zero-order valence-electron chi connectivity index (χ0n) is 15.8. The van der Waals surface area contributed by atoms with Crippen molar-refractivity contribution in [1.82, 2.24) is 4.90 Å². The Hall–Kier alpha value is -2.82. The van der Waals surface area contributed by atoms with Crippen LogP contribution in [0.4, 0.5) is 5.69 Å². The van der Waals surface area contributed by atoms with E-state index in [0.717, 1.165) is 11.3 Å². The van der Waals surface area contributed by atoms with Crippen molar-refractivity contribution in [2.45, 2.75) is 27.3 Å². The van der Waals surface area contributed by atoms with Crippen LogP contribution in [0, 0.1) is 5.41 Å². The molecule has 2 amide bonds. The van der Waals surface area contributed by atoms with Gasteiger partial charge in [0.05, 0.1) is 6.61 Å². The Bertz CT molecular complexity index is 740. The fourth-order valence-corrected chi connectivity index (χ4v) is 2.59. The first-order valence-electron chi connectivity index (χ1n) is 8.68. The molecule has 0 unspecified atom stereocenters. The summed E-state index contributed by atoms with van der Waals surface area (Å²) in [5.41, 5.74) is 0.471. The molecule has 0 spiro atoms. The maximum atomic E-state index is 12.8. The van der Waals surface area contributed by atoms with Gasteiger partial charge < -0.3 is 15.0 Å². The van der Waals surface area contributed by atoms with E-state index in [1.807, 2.05) is 37.3 Å². The summed E-state index contributed by atoms with van der Waals surface area (Å²) < 4.78 is 5.39. The second-order valence-electron chi connectivity index (χ2n) is 6.68. The van der Waals surface area contributed by atoms with Crippen molar-refractivity contribution in [2.75, 3.05) is 19.0 Å². The molecular formula is C21H26N2O3. The molecule has 0 aliphatic heterocycles. The average molecular weight is 354 g/mol. The number of hydrogen-bond donors (Lipinski definition) is 1. The largest absolute Gasteiger partial charge is 0.494 e. The number of anilines is 1. The third-order valence-corrected chi connectivity index (χ3v) is 4.13. The molecule has 5 nitrogen and oxygen atoms in total. The van der Waals surface area contributed by atoms with Crippen LogP contribution in [0.5, 0.6) is 5.75 Å². The van der Waals surface area contributed by atoms with E-state index in [1.54, 1.807) is 50.1 Å². The first-order chi connectivity index (χ1) is 12.3. The van der Waals surface area contributed by atoms with Gasteiger partial charge in [-0.2, -0.15) is 0 Å². The highest BCUT2D eigenvalue weighted by atomic mass is 16.5. The lowest BCUT2D eigenvalue weighted by Gasteiger charge is -2.28. The standard InChI is InChI=1S/C21H26N2O3/c1-5-26-18-13-11-17(12-14-18)22-19(24)21(2,3)20(25)23(4)15-16-9-7-6-8-10-16/h6-14H,5,15H2,1-4H3,(H,22,24). The highest BCUT2D eigenvalue weighted by Gasteiger charge is 2.38. The number of carbonyl (C=O) groups is 2. The van der Waals surface area contributed by atoms with E-state index in [9.17, 15) is 9.59 Å². The molecule has 0 heterocycles. The molecule has 0 aliphatic carbocycles. The molecular weight excluding hydrogens is 328 g/mol. The van der Waals surface area contributed by atoms with Crippen molar-refractivity contribution in [3.05, 3.63) is 60.2 Å². The number of amides is 2. The van der Waals surface area contributed by atoms with Crippen molar-refractivity contribution in [1.29, 1.82) is 0 Å². The number of ether oxygens (including phenoxy) is 1. The smallest absolute Gasteiger partial charge is 0.239 e. The summed E-state index contributed by atoms with van der Waals surface area (Å²) in [6, 6.07) is 16.8. The van der Waals surface area contributed by atoms with Gasteiger partial charge in [0, 0.05) is 19.3 Å². The zero-order valence-corrected chi connectivity index (χ0v) is 15.8. The summed E-state index contributed by atoms with van der Waals surface area (Å²) in [7, 11) is 1.71. The normalized spacial score (nSPS) is 10.9. The maximum Gasteiger partial charge on any atom is 0.239 e. The van der Waals surface area contributed by atoms with Gasteiger partial charge in [0.15, 0.2) is 0 Å². The highest BCUT2D eigenvalue weighted by Crippen LogP contribution is 2.23. The van der Waals surface area contributed by atoms with Crippen LogP contribution in [0.25, 0.3) is 0 Å². The maximum absolute atomic E-state index is 12.8. The van der Waals surface area contributed by atoms with E-state index in [0.29, 0.717) is 18.8 Å². The highest BCUT2D eigenvalue weighted by molar-refractivity contribution is 6.09. The molecule has 5 heteroatoms. The lowest BCUT2D eigenvalue weighted by molar-refractivity contribution is -0.145. The van der Waals surface area contributed by atoms with E-state index in [4.69, 9.17) is 4.74 Å². The van der Waals surface area contributed by atoms with Gasteiger partial charge in [0.2, 0.25) is 11.8 Å². The minimum absolute atomic E-state index is 0.232. The van der Waals surface area contributed by atoms with E-state index < -0.39 is 5.41 Å². The van der Waals surface area contributed by atoms with Crippen molar-refractivity contribution in [3.63, 3.8) is 0 Å². The summed E-state index contributed by atoms with van der Waals surface area (Å²) >= 11 is 0. The van der Waals surface area contributed by atoms with Gasteiger partial charge in [-0.05, 0) is 50.6 Å². The van der Waals surface area contributed by atoms with Gasteiger partial charge >= 0.3 is 0 Å². The van der Waals surface area contributed by atoms with Crippen LogP contribution < -0.4 is 10.1 Å². The quantitative estimate of drug-likeness (QED) is 0.771. The van der Waals surface area contributed by atoms with Gasteiger partial charge in [-0.15, -0.1) is 0 Å². The van der Waals surface area contributed by atoms with Crippen LogP contribution >= 0.6 is 0 Å². The molecule has 0 radical (unpaired) electrons. The number of benzene rings is 2. The average Bonchev–Trinajstić information content (AvgIpc) is 2.63. The van der Waals surface area contributed by atoms with Gasteiger partial charge in [0.25, 0.3) is 0 Å². The Morgan fingerprint density at radius 1 is 1.04 bits per heavy atom. The van der Waals surface area contributed by atoms with E-state index >= 15 is 0 Å². The van der Waals surface area contributed by atoms with Gasteiger partial charge in [0.1, 0.15) is 11.2 Å². The van der Waals surface area contributed by atoms with E-state index in [1.165, 1.54) is 0 Å². The van der Waals surface area contributed by atoms with Gasteiger partial charge in [-0.1, -0.05) is 30.3 Å². The van der Waals surface area contributed by atoms with Crippen LogP contribution in [0.1, 0.15) is 26.3 Å².